The Bertz CT molecular complexity index is 474. The van der Waals surface area contributed by atoms with Crippen molar-refractivity contribution in [2.24, 2.45) is 5.41 Å². The average Bonchev–Trinajstić information content (AvgIpc) is 2.29. The molecule has 1 unspecified atom stereocenters. The van der Waals surface area contributed by atoms with Gasteiger partial charge in [-0.05, 0) is 11.8 Å². The van der Waals surface area contributed by atoms with Crippen LogP contribution in [0.25, 0.3) is 0 Å². The van der Waals surface area contributed by atoms with Crippen LogP contribution in [0.5, 0.6) is 6.01 Å². The fourth-order valence-electron chi connectivity index (χ4n) is 1.87. The Morgan fingerprint density at radius 2 is 2.20 bits per heavy atom. The lowest BCUT2D eigenvalue weighted by molar-refractivity contribution is -0.137. The van der Waals surface area contributed by atoms with Gasteiger partial charge in [-0.2, -0.15) is 4.98 Å². The second kappa shape index (κ2) is 6.74. The molecular formula is C13H20ClN3O3. The Balaban J connectivity index is 2.90. The zero-order valence-corrected chi connectivity index (χ0v) is 12.9. The third-order valence-electron chi connectivity index (χ3n) is 2.53. The number of aliphatic carboxylic acids is 1. The van der Waals surface area contributed by atoms with Crippen molar-refractivity contribution in [1.82, 2.24) is 9.97 Å². The molecule has 112 valence electrons. The van der Waals surface area contributed by atoms with Crippen LogP contribution in [0.4, 0.5) is 5.82 Å². The van der Waals surface area contributed by atoms with Gasteiger partial charge in [-0.3, -0.25) is 4.79 Å². The van der Waals surface area contributed by atoms with Gasteiger partial charge < -0.3 is 15.2 Å². The van der Waals surface area contributed by atoms with Gasteiger partial charge in [0.25, 0.3) is 0 Å². The highest BCUT2D eigenvalue weighted by Gasteiger charge is 2.22. The van der Waals surface area contributed by atoms with Gasteiger partial charge in [0.15, 0.2) is 5.82 Å². The number of aromatic nitrogens is 2. The van der Waals surface area contributed by atoms with E-state index in [1.165, 1.54) is 13.3 Å². The van der Waals surface area contributed by atoms with E-state index in [1.54, 1.807) is 0 Å². The fourth-order valence-corrected chi connectivity index (χ4v) is 2.01. The van der Waals surface area contributed by atoms with Crippen molar-refractivity contribution >= 4 is 23.4 Å². The molecule has 0 aromatic carbocycles. The van der Waals surface area contributed by atoms with Crippen LogP contribution in [0.3, 0.4) is 0 Å². The highest BCUT2D eigenvalue weighted by atomic mass is 35.5. The van der Waals surface area contributed by atoms with Gasteiger partial charge in [0, 0.05) is 6.04 Å². The van der Waals surface area contributed by atoms with Crippen LogP contribution >= 0.6 is 11.6 Å². The summed E-state index contributed by atoms with van der Waals surface area (Å²) in [6.07, 6.45) is 2.08. The van der Waals surface area contributed by atoms with E-state index < -0.39 is 5.97 Å². The van der Waals surface area contributed by atoms with Crippen LogP contribution in [0.2, 0.25) is 5.02 Å². The van der Waals surface area contributed by atoms with Crippen LogP contribution in [-0.4, -0.2) is 34.2 Å². The summed E-state index contributed by atoms with van der Waals surface area (Å²) in [4.78, 5) is 18.9. The van der Waals surface area contributed by atoms with Gasteiger partial charge >= 0.3 is 12.0 Å². The first-order chi connectivity index (χ1) is 9.21. The van der Waals surface area contributed by atoms with Gasteiger partial charge in [0.05, 0.1) is 19.7 Å². The summed E-state index contributed by atoms with van der Waals surface area (Å²) in [5.74, 6) is -0.488. The van der Waals surface area contributed by atoms with E-state index in [4.69, 9.17) is 21.4 Å². The molecule has 0 bridgehead atoms. The maximum Gasteiger partial charge on any atom is 0.318 e. The van der Waals surface area contributed by atoms with E-state index in [2.05, 4.69) is 15.3 Å². The van der Waals surface area contributed by atoms with Gasteiger partial charge in [-0.25, -0.2) is 4.98 Å². The Morgan fingerprint density at radius 3 is 2.70 bits per heavy atom. The summed E-state index contributed by atoms with van der Waals surface area (Å²) in [6.45, 7) is 6.14. The van der Waals surface area contributed by atoms with E-state index in [0.29, 0.717) is 17.3 Å². The molecule has 1 aromatic heterocycles. The van der Waals surface area contributed by atoms with Crippen LogP contribution < -0.4 is 10.1 Å². The average molecular weight is 302 g/mol. The maximum atomic E-state index is 11.0. The number of halogens is 1. The molecule has 1 aromatic rings. The van der Waals surface area contributed by atoms with Crippen LogP contribution in [0.15, 0.2) is 6.20 Å². The molecule has 0 radical (unpaired) electrons. The highest BCUT2D eigenvalue weighted by molar-refractivity contribution is 6.32. The van der Waals surface area contributed by atoms with Crippen molar-refractivity contribution in [2.45, 2.75) is 39.7 Å². The number of hydrogen-bond donors (Lipinski definition) is 2. The molecule has 2 N–H and O–H groups in total. The molecule has 0 spiro atoms. The normalized spacial score (nSPS) is 12.8. The SMILES string of the molecule is COc1ncc(Cl)c(NC(CC(=O)O)CC(C)(C)C)n1. The van der Waals surface area contributed by atoms with E-state index >= 15 is 0 Å². The number of anilines is 1. The van der Waals surface area contributed by atoms with Crippen molar-refractivity contribution < 1.29 is 14.6 Å². The molecule has 0 saturated carbocycles. The van der Waals surface area contributed by atoms with Crippen LogP contribution in [0, 0.1) is 5.41 Å². The summed E-state index contributed by atoms with van der Waals surface area (Å²) >= 11 is 6.01. The summed E-state index contributed by atoms with van der Waals surface area (Å²) < 4.78 is 4.94. The fraction of sp³-hybridized carbons (Fsp3) is 0.615. The number of nitrogens with one attached hydrogen (secondary N) is 1. The predicted octanol–water partition coefficient (Wildman–Crippen LogP) is 2.83. The minimum Gasteiger partial charge on any atom is -0.481 e. The molecule has 7 heteroatoms. The van der Waals surface area contributed by atoms with Gasteiger partial charge in [-0.1, -0.05) is 32.4 Å². The number of nitrogens with zero attached hydrogens (tertiary/aromatic N) is 2. The second-order valence-corrected chi connectivity index (χ2v) is 6.16. The van der Waals surface area contributed by atoms with Crippen molar-refractivity contribution in [3.63, 3.8) is 0 Å². The van der Waals surface area contributed by atoms with Crippen molar-refractivity contribution in [3.8, 4) is 6.01 Å². The molecule has 1 atom stereocenters. The lowest BCUT2D eigenvalue weighted by atomic mass is 9.87. The van der Waals surface area contributed by atoms with Crippen molar-refractivity contribution in [3.05, 3.63) is 11.2 Å². The molecule has 20 heavy (non-hydrogen) atoms. The zero-order chi connectivity index (χ0) is 15.3. The number of rotatable bonds is 6. The minimum absolute atomic E-state index is 0.0140. The zero-order valence-electron chi connectivity index (χ0n) is 12.1. The number of methoxy groups -OCH3 is 1. The third kappa shape index (κ3) is 5.61. The largest absolute Gasteiger partial charge is 0.481 e. The van der Waals surface area contributed by atoms with E-state index in [-0.39, 0.29) is 23.9 Å². The third-order valence-corrected chi connectivity index (χ3v) is 2.80. The maximum absolute atomic E-state index is 11.0. The molecule has 0 aliphatic carbocycles. The first-order valence-corrected chi connectivity index (χ1v) is 6.64. The number of carbonyl (C=O) groups is 1. The van der Waals surface area contributed by atoms with Crippen molar-refractivity contribution in [1.29, 1.82) is 0 Å². The lowest BCUT2D eigenvalue weighted by Crippen LogP contribution is -2.29. The van der Waals surface area contributed by atoms with Gasteiger partial charge in [0.1, 0.15) is 5.02 Å². The molecule has 0 aliphatic rings. The van der Waals surface area contributed by atoms with E-state index in [1.807, 2.05) is 20.8 Å². The first-order valence-electron chi connectivity index (χ1n) is 6.26. The summed E-state index contributed by atoms with van der Waals surface area (Å²) in [5, 5.41) is 12.4. The lowest BCUT2D eigenvalue weighted by Gasteiger charge is -2.26. The molecule has 0 saturated heterocycles. The molecule has 1 rings (SSSR count). The standard InChI is InChI=1S/C13H20ClN3O3/c1-13(2,3)6-8(5-10(18)19)16-11-9(14)7-15-12(17-11)20-4/h7-8H,5-6H2,1-4H3,(H,18,19)(H,15,16,17). The summed E-state index contributed by atoms with van der Waals surface area (Å²) in [6, 6.07) is -0.0914. The topological polar surface area (TPSA) is 84.3 Å². The molecular weight excluding hydrogens is 282 g/mol. The Labute approximate surface area is 123 Å². The number of carboxylic acids is 1. The highest BCUT2D eigenvalue weighted by Crippen LogP contribution is 2.27. The quantitative estimate of drug-likeness (QED) is 0.840. The summed E-state index contributed by atoms with van der Waals surface area (Å²) in [7, 11) is 1.46. The Kier molecular flexibility index (Phi) is 5.56. The molecule has 0 fully saturated rings. The molecule has 6 nitrogen and oxygen atoms in total. The van der Waals surface area contributed by atoms with Crippen molar-refractivity contribution in [2.75, 3.05) is 12.4 Å². The monoisotopic (exact) mass is 301 g/mol. The second-order valence-electron chi connectivity index (χ2n) is 5.76. The minimum atomic E-state index is -0.871. The smallest absolute Gasteiger partial charge is 0.318 e. The Hall–Kier alpha value is -1.56. The molecule has 0 aliphatic heterocycles. The van der Waals surface area contributed by atoms with E-state index in [0.717, 1.165) is 0 Å². The number of carboxylic acid groups (broad SMARTS) is 1. The Morgan fingerprint density at radius 1 is 1.55 bits per heavy atom. The predicted molar refractivity (Wildman–Crippen MR) is 77.3 cm³/mol. The van der Waals surface area contributed by atoms with Gasteiger partial charge in [0.2, 0.25) is 0 Å². The van der Waals surface area contributed by atoms with Gasteiger partial charge in [-0.15, -0.1) is 0 Å². The number of hydrogen-bond acceptors (Lipinski definition) is 5. The first kappa shape index (κ1) is 16.5. The van der Waals surface area contributed by atoms with E-state index in [9.17, 15) is 4.79 Å². The number of ether oxygens (including phenoxy) is 1. The molecule has 1 heterocycles. The summed E-state index contributed by atoms with van der Waals surface area (Å²) in [5.41, 5.74) is -0.0172. The van der Waals surface area contributed by atoms with Crippen LogP contribution in [-0.2, 0) is 4.79 Å². The molecule has 0 amide bonds. The van der Waals surface area contributed by atoms with Crippen LogP contribution in [0.1, 0.15) is 33.6 Å².